The van der Waals surface area contributed by atoms with Crippen LogP contribution in [0.3, 0.4) is 0 Å². The molecule has 15 heavy (non-hydrogen) atoms. The number of esters is 1. The van der Waals surface area contributed by atoms with Gasteiger partial charge in [-0.1, -0.05) is 0 Å². The second kappa shape index (κ2) is 6.05. The fourth-order valence-electron chi connectivity index (χ4n) is 1.49. The van der Waals surface area contributed by atoms with Gasteiger partial charge in [0.05, 0.1) is 12.7 Å². The van der Waals surface area contributed by atoms with Crippen LogP contribution in [-0.2, 0) is 14.3 Å². The normalized spacial score (nSPS) is 27.7. The number of β-amino-alcohol motifs (C(OH)–C–C–N with tert-alkyl or cyclic N) is 1. The van der Waals surface area contributed by atoms with Gasteiger partial charge in [0.15, 0.2) is 0 Å². The molecule has 0 amide bonds. The molecule has 0 aliphatic carbocycles. The Hall–Kier alpha value is -0.650. The Morgan fingerprint density at radius 3 is 2.93 bits per heavy atom. The monoisotopic (exact) mass is 217 g/mol. The van der Waals surface area contributed by atoms with Crippen molar-refractivity contribution in [3.05, 3.63) is 0 Å². The zero-order chi connectivity index (χ0) is 11.3. The molecule has 0 bridgehead atoms. The molecule has 5 nitrogen and oxygen atoms in total. The first-order valence-electron chi connectivity index (χ1n) is 5.33. The van der Waals surface area contributed by atoms with Gasteiger partial charge in [0.2, 0.25) is 0 Å². The van der Waals surface area contributed by atoms with Crippen molar-refractivity contribution < 1.29 is 19.4 Å². The van der Waals surface area contributed by atoms with Crippen molar-refractivity contribution in [3.8, 4) is 0 Å². The minimum atomic E-state index is -0.440. The summed E-state index contributed by atoms with van der Waals surface area (Å²) in [6.07, 6.45) is -0.248. The largest absolute Gasteiger partial charge is 0.459 e. The average molecular weight is 217 g/mol. The van der Waals surface area contributed by atoms with Crippen molar-refractivity contribution in [1.29, 1.82) is 0 Å². The second-order valence-electron chi connectivity index (χ2n) is 3.76. The van der Waals surface area contributed by atoms with Gasteiger partial charge < -0.3 is 19.9 Å². The molecule has 1 rings (SSSR count). The van der Waals surface area contributed by atoms with Crippen LogP contribution in [0.25, 0.3) is 0 Å². The highest BCUT2D eigenvalue weighted by molar-refractivity contribution is 5.76. The first-order valence-corrected chi connectivity index (χ1v) is 5.33. The Labute approximate surface area is 89.8 Å². The molecule has 0 radical (unpaired) electrons. The molecule has 3 atom stereocenters. The molecule has 2 unspecified atom stereocenters. The predicted octanol–water partition coefficient (Wildman–Crippen LogP) is -0.323. The maximum atomic E-state index is 11.5. The molecule has 0 aromatic rings. The Morgan fingerprint density at radius 2 is 2.40 bits per heavy atom. The van der Waals surface area contributed by atoms with Crippen molar-refractivity contribution in [2.45, 2.75) is 38.5 Å². The van der Waals surface area contributed by atoms with E-state index >= 15 is 0 Å². The molecule has 0 aromatic heterocycles. The Bertz CT molecular complexity index is 210. The van der Waals surface area contributed by atoms with Gasteiger partial charge in [-0.05, 0) is 13.8 Å². The third kappa shape index (κ3) is 4.15. The summed E-state index contributed by atoms with van der Waals surface area (Å²) in [6, 6.07) is -0.371. The summed E-state index contributed by atoms with van der Waals surface area (Å²) in [5, 5.41) is 12.1. The molecule has 1 fully saturated rings. The highest BCUT2D eigenvalue weighted by Crippen LogP contribution is 2.09. The van der Waals surface area contributed by atoms with E-state index in [-0.39, 0.29) is 18.1 Å². The summed E-state index contributed by atoms with van der Waals surface area (Å²) in [6.45, 7) is 5.17. The summed E-state index contributed by atoms with van der Waals surface area (Å²) < 4.78 is 10.3. The standard InChI is InChI=1S/C10H19NO4/c1-3-14-6-7(2)15-10(13)9-4-8(12)5-11-9/h7-9,11-12H,3-6H2,1-2H3/t7?,8?,9-/m0/s1. The molecule has 2 N–H and O–H groups in total. The average Bonchev–Trinajstić information content (AvgIpc) is 2.61. The van der Waals surface area contributed by atoms with E-state index in [9.17, 15) is 9.90 Å². The molecule has 88 valence electrons. The van der Waals surface area contributed by atoms with Gasteiger partial charge in [-0.3, -0.25) is 4.79 Å². The van der Waals surface area contributed by atoms with Crippen molar-refractivity contribution in [1.82, 2.24) is 5.32 Å². The lowest BCUT2D eigenvalue weighted by Gasteiger charge is -2.16. The zero-order valence-electron chi connectivity index (χ0n) is 9.23. The quantitative estimate of drug-likeness (QED) is 0.618. The zero-order valence-corrected chi connectivity index (χ0v) is 9.23. The lowest BCUT2D eigenvalue weighted by Crippen LogP contribution is -2.35. The number of hydrogen-bond acceptors (Lipinski definition) is 5. The highest BCUT2D eigenvalue weighted by Gasteiger charge is 2.30. The smallest absolute Gasteiger partial charge is 0.323 e. The van der Waals surface area contributed by atoms with Crippen molar-refractivity contribution >= 4 is 5.97 Å². The van der Waals surface area contributed by atoms with Gasteiger partial charge >= 0.3 is 5.97 Å². The van der Waals surface area contributed by atoms with Crippen molar-refractivity contribution in [3.63, 3.8) is 0 Å². The minimum absolute atomic E-state index is 0.239. The Balaban J connectivity index is 2.23. The van der Waals surface area contributed by atoms with Crippen LogP contribution in [0.5, 0.6) is 0 Å². The summed E-state index contributed by atoms with van der Waals surface area (Å²) in [7, 11) is 0. The van der Waals surface area contributed by atoms with Crippen molar-refractivity contribution in [2.75, 3.05) is 19.8 Å². The molecule has 0 spiro atoms. The fourth-order valence-corrected chi connectivity index (χ4v) is 1.49. The Kier molecular flexibility index (Phi) is 5.01. The lowest BCUT2D eigenvalue weighted by atomic mass is 10.2. The van der Waals surface area contributed by atoms with E-state index in [1.54, 1.807) is 6.92 Å². The number of rotatable bonds is 5. The molecule has 0 saturated carbocycles. The lowest BCUT2D eigenvalue weighted by molar-refractivity contribution is -0.153. The maximum Gasteiger partial charge on any atom is 0.323 e. The number of carbonyl (C=O) groups excluding carboxylic acids is 1. The Morgan fingerprint density at radius 1 is 1.67 bits per heavy atom. The first kappa shape index (κ1) is 12.4. The number of nitrogens with one attached hydrogen (secondary N) is 1. The van der Waals surface area contributed by atoms with E-state index in [1.165, 1.54) is 0 Å². The molecule has 1 saturated heterocycles. The molecule has 1 aliphatic rings. The third-order valence-electron chi connectivity index (χ3n) is 2.27. The molecular formula is C10H19NO4. The SMILES string of the molecule is CCOCC(C)OC(=O)[C@@H]1CC(O)CN1. The van der Waals surface area contributed by atoms with E-state index < -0.39 is 6.10 Å². The number of aliphatic hydroxyl groups is 1. The van der Waals surface area contributed by atoms with E-state index in [2.05, 4.69) is 5.32 Å². The molecule has 0 aromatic carbocycles. The van der Waals surface area contributed by atoms with E-state index in [4.69, 9.17) is 9.47 Å². The van der Waals surface area contributed by atoms with Crippen LogP contribution >= 0.6 is 0 Å². The first-order chi connectivity index (χ1) is 7.13. The molecule has 1 aliphatic heterocycles. The van der Waals surface area contributed by atoms with Gasteiger partial charge in [0.1, 0.15) is 12.1 Å². The van der Waals surface area contributed by atoms with Crippen LogP contribution in [0.2, 0.25) is 0 Å². The fraction of sp³-hybridized carbons (Fsp3) is 0.900. The predicted molar refractivity (Wildman–Crippen MR) is 54.5 cm³/mol. The van der Waals surface area contributed by atoms with Crippen LogP contribution in [0.1, 0.15) is 20.3 Å². The van der Waals surface area contributed by atoms with Crippen LogP contribution in [0.4, 0.5) is 0 Å². The topological polar surface area (TPSA) is 67.8 Å². The number of aliphatic hydroxyl groups excluding tert-OH is 1. The van der Waals surface area contributed by atoms with Crippen LogP contribution < -0.4 is 5.32 Å². The third-order valence-corrected chi connectivity index (χ3v) is 2.27. The van der Waals surface area contributed by atoms with E-state index in [0.717, 1.165) is 0 Å². The van der Waals surface area contributed by atoms with Gasteiger partial charge in [-0.2, -0.15) is 0 Å². The van der Waals surface area contributed by atoms with Gasteiger partial charge in [0.25, 0.3) is 0 Å². The second-order valence-corrected chi connectivity index (χ2v) is 3.76. The van der Waals surface area contributed by atoms with Gasteiger partial charge in [0, 0.05) is 19.6 Å². The number of hydrogen-bond donors (Lipinski definition) is 2. The minimum Gasteiger partial charge on any atom is -0.459 e. The number of ether oxygens (including phenoxy) is 2. The van der Waals surface area contributed by atoms with Gasteiger partial charge in [-0.15, -0.1) is 0 Å². The van der Waals surface area contributed by atoms with E-state index in [1.807, 2.05) is 6.92 Å². The molecule has 1 heterocycles. The van der Waals surface area contributed by atoms with Gasteiger partial charge in [-0.25, -0.2) is 0 Å². The number of carbonyl (C=O) groups is 1. The van der Waals surface area contributed by atoms with Crippen LogP contribution in [0, 0.1) is 0 Å². The highest BCUT2D eigenvalue weighted by atomic mass is 16.6. The molecular weight excluding hydrogens is 198 g/mol. The molecule has 5 heteroatoms. The summed E-state index contributed by atoms with van der Waals surface area (Å²) in [4.78, 5) is 11.5. The summed E-state index contributed by atoms with van der Waals surface area (Å²) in [5.41, 5.74) is 0. The summed E-state index contributed by atoms with van der Waals surface area (Å²) >= 11 is 0. The van der Waals surface area contributed by atoms with Crippen LogP contribution in [-0.4, -0.2) is 49.1 Å². The van der Waals surface area contributed by atoms with Crippen molar-refractivity contribution in [2.24, 2.45) is 0 Å². The maximum absolute atomic E-state index is 11.5. The van der Waals surface area contributed by atoms with E-state index in [0.29, 0.717) is 26.2 Å². The van der Waals surface area contributed by atoms with Crippen LogP contribution in [0.15, 0.2) is 0 Å². The summed E-state index contributed by atoms with van der Waals surface area (Å²) in [5.74, 6) is -0.307.